The summed E-state index contributed by atoms with van der Waals surface area (Å²) in [5, 5.41) is 2.75. The first-order valence-electron chi connectivity index (χ1n) is 10.1. The number of nitrogens with one attached hydrogen (secondary N) is 1. The quantitative estimate of drug-likeness (QED) is 0.495. The number of hydrogen-bond acceptors (Lipinski definition) is 5. The third-order valence-electron chi connectivity index (χ3n) is 5.14. The van der Waals surface area contributed by atoms with Crippen LogP contribution in [0.25, 0.3) is 0 Å². The second kappa shape index (κ2) is 9.60. The molecule has 7 heteroatoms. The summed E-state index contributed by atoms with van der Waals surface area (Å²) in [5.74, 6) is -0.500. The molecule has 0 aromatic heterocycles. The van der Waals surface area contributed by atoms with Crippen LogP contribution in [-0.4, -0.2) is 29.4 Å². The Hall–Kier alpha value is -2.41. The molecular formula is C23H32FNO5. The van der Waals surface area contributed by atoms with Gasteiger partial charge < -0.3 is 14.8 Å². The average Bonchev–Trinajstić information content (AvgIpc) is 2.64. The van der Waals surface area contributed by atoms with E-state index in [9.17, 15) is 14.1 Å². The molecule has 0 aliphatic heterocycles. The van der Waals surface area contributed by atoms with Crippen molar-refractivity contribution in [3.05, 3.63) is 47.0 Å². The molecule has 3 atom stereocenters. The van der Waals surface area contributed by atoms with Crippen LogP contribution in [0.4, 0.5) is 9.32 Å². The Morgan fingerprint density at radius 1 is 1.23 bits per heavy atom. The molecule has 6 nitrogen and oxygen atoms in total. The summed E-state index contributed by atoms with van der Waals surface area (Å²) < 4.78 is 24.1. The van der Waals surface area contributed by atoms with Gasteiger partial charge in [-0.15, -0.1) is 0 Å². The average molecular weight is 422 g/mol. The molecule has 0 fully saturated rings. The molecule has 0 unspecified atom stereocenters. The summed E-state index contributed by atoms with van der Waals surface area (Å²) in [5.41, 5.74) is 0.899. The lowest BCUT2D eigenvalue weighted by Crippen LogP contribution is -2.39. The number of hydrogen-bond donors (Lipinski definition) is 1. The van der Waals surface area contributed by atoms with E-state index in [1.165, 1.54) is 0 Å². The zero-order valence-electron chi connectivity index (χ0n) is 18.6. The number of carbonyl (C=O) groups is 2. The monoisotopic (exact) mass is 421 g/mol. The zero-order chi connectivity index (χ0) is 22.5. The summed E-state index contributed by atoms with van der Waals surface area (Å²) in [4.78, 5) is 29.2. The van der Waals surface area contributed by atoms with Gasteiger partial charge >= 0.3 is 12.1 Å². The standard InChI is InChI=1S/C23H32FNO5/c1-15-13-23(6,30-24)14-19(16(15)2)28-20(26)12-18(17-10-8-7-9-11-17)25-21(27)29-22(3,4)5/h7-11,18-19H,12-14H2,1-6H3,(H,25,27)/t18-,19+,23-/m1/s1. The first-order chi connectivity index (χ1) is 13.9. The fraction of sp³-hybridized carbons (Fsp3) is 0.565. The van der Waals surface area contributed by atoms with Crippen LogP contribution in [0.5, 0.6) is 0 Å². The molecule has 0 bridgehead atoms. The molecule has 1 aliphatic carbocycles. The normalized spacial score (nSPS) is 23.0. The van der Waals surface area contributed by atoms with Crippen LogP contribution in [0.1, 0.15) is 72.4 Å². The van der Waals surface area contributed by atoms with Gasteiger partial charge in [-0.25, -0.2) is 4.79 Å². The molecule has 0 saturated heterocycles. The van der Waals surface area contributed by atoms with Crippen molar-refractivity contribution in [2.75, 3.05) is 0 Å². The fourth-order valence-electron chi connectivity index (χ4n) is 3.54. The fourth-order valence-corrected chi connectivity index (χ4v) is 3.54. The number of amides is 1. The number of esters is 1. The molecule has 166 valence electrons. The van der Waals surface area contributed by atoms with Crippen LogP contribution in [0.3, 0.4) is 0 Å². The number of halogens is 1. The van der Waals surface area contributed by atoms with Crippen LogP contribution in [-0.2, 0) is 19.2 Å². The predicted octanol–water partition coefficient (Wildman–Crippen LogP) is 5.34. The van der Waals surface area contributed by atoms with Gasteiger partial charge in [0.1, 0.15) is 17.3 Å². The van der Waals surface area contributed by atoms with Gasteiger partial charge in [0.25, 0.3) is 0 Å². The second-order valence-corrected chi connectivity index (χ2v) is 9.16. The van der Waals surface area contributed by atoms with E-state index in [1.54, 1.807) is 27.7 Å². The number of ether oxygens (including phenoxy) is 2. The van der Waals surface area contributed by atoms with Crippen molar-refractivity contribution in [2.45, 2.75) is 84.2 Å². The van der Waals surface area contributed by atoms with E-state index in [0.717, 1.165) is 16.7 Å². The first kappa shape index (κ1) is 23.9. The molecule has 0 heterocycles. The maximum Gasteiger partial charge on any atom is 0.408 e. The summed E-state index contributed by atoms with van der Waals surface area (Å²) in [6.07, 6.45) is -0.610. The van der Waals surface area contributed by atoms with E-state index in [0.29, 0.717) is 6.42 Å². The number of alkyl carbamates (subject to hydrolysis) is 1. The molecule has 0 spiro atoms. The van der Waals surface area contributed by atoms with E-state index < -0.39 is 35.4 Å². The van der Waals surface area contributed by atoms with Crippen molar-refractivity contribution in [1.29, 1.82) is 0 Å². The SMILES string of the molecule is CC1=C(C)[C@@H](OC(=O)C[C@@H](NC(=O)OC(C)(C)C)c2ccccc2)C[C@](C)(OF)C1. The summed E-state index contributed by atoms with van der Waals surface area (Å²) >= 11 is 0. The zero-order valence-corrected chi connectivity index (χ0v) is 18.6. The molecule has 1 aromatic carbocycles. The maximum absolute atomic E-state index is 13.1. The maximum atomic E-state index is 13.1. The Labute approximate surface area is 177 Å². The van der Waals surface area contributed by atoms with Crippen LogP contribution >= 0.6 is 0 Å². The van der Waals surface area contributed by atoms with Gasteiger partial charge in [-0.3, -0.25) is 4.79 Å². The lowest BCUT2D eigenvalue weighted by molar-refractivity contribution is -0.240. The minimum Gasteiger partial charge on any atom is -0.458 e. The van der Waals surface area contributed by atoms with Crippen molar-refractivity contribution in [3.63, 3.8) is 0 Å². The highest BCUT2D eigenvalue weighted by Crippen LogP contribution is 2.37. The second-order valence-electron chi connectivity index (χ2n) is 9.16. The van der Waals surface area contributed by atoms with E-state index in [-0.39, 0.29) is 12.8 Å². The van der Waals surface area contributed by atoms with Crippen LogP contribution in [0, 0.1) is 0 Å². The Morgan fingerprint density at radius 3 is 2.43 bits per heavy atom. The van der Waals surface area contributed by atoms with Gasteiger partial charge in [-0.1, -0.05) is 35.9 Å². The Bertz CT molecular complexity index is 787. The molecular weight excluding hydrogens is 389 g/mol. The molecule has 1 aliphatic rings. The van der Waals surface area contributed by atoms with E-state index >= 15 is 0 Å². The van der Waals surface area contributed by atoms with Crippen LogP contribution < -0.4 is 5.32 Å². The summed E-state index contributed by atoms with van der Waals surface area (Å²) in [6.45, 7) is 10.7. The smallest absolute Gasteiger partial charge is 0.408 e. The van der Waals surface area contributed by atoms with Gasteiger partial charge in [0.2, 0.25) is 0 Å². The molecule has 0 radical (unpaired) electrons. The van der Waals surface area contributed by atoms with Crippen LogP contribution in [0.15, 0.2) is 41.5 Å². The molecule has 30 heavy (non-hydrogen) atoms. The van der Waals surface area contributed by atoms with E-state index in [4.69, 9.17) is 9.47 Å². The number of rotatable bonds is 6. The molecule has 1 amide bonds. The van der Waals surface area contributed by atoms with Crippen LogP contribution in [0.2, 0.25) is 0 Å². The van der Waals surface area contributed by atoms with Crippen molar-refractivity contribution < 1.29 is 28.5 Å². The third kappa shape index (κ3) is 6.83. The molecule has 1 aromatic rings. The minimum atomic E-state index is -1.03. The highest BCUT2D eigenvalue weighted by molar-refractivity contribution is 5.74. The molecule has 2 rings (SSSR count). The number of benzene rings is 1. The van der Waals surface area contributed by atoms with Gasteiger partial charge in [-0.2, -0.15) is 4.94 Å². The van der Waals surface area contributed by atoms with E-state index in [1.807, 2.05) is 44.2 Å². The van der Waals surface area contributed by atoms with Gasteiger partial charge in [0.15, 0.2) is 0 Å². The third-order valence-corrected chi connectivity index (χ3v) is 5.14. The minimum absolute atomic E-state index is 0.0840. The predicted molar refractivity (Wildman–Crippen MR) is 111 cm³/mol. The Morgan fingerprint density at radius 2 is 1.87 bits per heavy atom. The first-order valence-corrected chi connectivity index (χ1v) is 10.1. The highest BCUT2D eigenvalue weighted by Gasteiger charge is 2.38. The van der Waals surface area contributed by atoms with Crippen molar-refractivity contribution in [3.8, 4) is 0 Å². The largest absolute Gasteiger partial charge is 0.458 e. The van der Waals surface area contributed by atoms with Gasteiger partial charge in [0, 0.05) is 12.8 Å². The van der Waals surface area contributed by atoms with E-state index in [2.05, 4.69) is 10.3 Å². The van der Waals surface area contributed by atoms with Crippen molar-refractivity contribution in [1.82, 2.24) is 5.32 Å². The summed E-state index contributed by atoms with van der Waals surface area (Å²) in [7, 11) is 0. The lowest BCUT2D eigenvalue weighted by atomic mass is 9.81. The summed E-state index contributed by atoms with van der Waals surface area (Å²) in [6, 6.07) is 8.52. The lowest BCUT2D eigenvalue weighted by Gasteiger charge is -2.36. The highest BCUT2D eigenvalue weighted by atomic mass is 19.3. The van der Waals surface area contributed by atoms with Gasteiger partial charge in [-0.05, 0) is 57.2 Å². The topological polar surface area (TPSA) is 73.9 Å². The molecule has 0 saturated carbocycles. The van der Waals surface area contributed by atoms with Crippen molar-refractivity contribution >= 4 is 12.1 Å². The van der Waals surface area contributed by atoms with Crippen molar-refractivity contribution in [2.24, 2.45) is 0 Å². The Kier molecular flexibility index (Phi) is 7.64. The number of carbonyl (C=O) groups excluding carboxylic acids is 2. The molecule has 1 N–H and O–H groups in total. The van der Waals surface area contributed by atoms with Gasteiger partial charge in [0.05, 0.1) is 12.5 Å². The Balaban J connectivity index is 2.12.